The predicted molar refractivity (Wildman–Crippen MR) is 143 cm³/mol. The lowest BCUT2D eigenvalue weighted by Gasteiger charge is -2.44. The Kier molecular flexibility index (Phi) is 7.94. The van der Waals surface area contributed by atoms with Crippen LogP contribution >= 0.6 is 0 Å². The third-order valence-corrected chi connectivity index (χ3v) is 7.15. The van der Waals surface area contributed by atoms with E-state index in [9.17, 15) is 23.1 Å². The molecule has 5 rings (SSSR count). The maximum absolute atomic E-state index is 15.2. The highest BCUT2D eigenvalue weighted by molar-refractivity contribution is 5.81. The van der Waals surface area contributed by atoms with Gasteiger partial charge in [-0.2, -0.15) is 0 Å². The van der Waals surface area contributed by atoms with Gasteiger partial charge in [0.1, 0.15) is 23.8 Å². The van der Waals surface area contributed by atoms with Gasteiger partial charge in [-0.15, -0.1) is 0 Å². The number of aliphatic hydroxyl groups excluding tert-OH is 1. The number of nitrogens with two attached hydrogens (primary N) is 3. The lowest BCUT2D eigenvalue weighted by Crippen LogP contribution is -2.63. The molecular weight excluding hydrogens is 562 g/mol. The van der Waals surface area contributed by atoms with Crippen LogP contribution in [0.5, 0.6) is 5.75 Å². The van der Waals surface area contributed by atoms with Crippen LogP contribution in [0.1, 0.15) is 18.4 Å². The van der Waals surface area contributed by atoms with Crippen LogP contribution in [0.25, 0.3) is 22.4 Å². The van der Waals surface area contributed by atoms with Gasteiger partial charge < -0.3 is 36.5 Å². The zero-order chi connectivity index (χ0) is 30.2. The Balaban J connectivity index is 1.58. The highest BCUT2D eigenvalue weighted by Crippen LogP contribution is 2.35. The van der Waals surface area contributed by atoms with Crippen molar-refractivity contribution in [1.29, 1.82) is 0 Å². The second kappa shape index (κ2) is 11.5. The van der Waals surface area contributed by atoms with Gasteiger partial charge in [-0.05, 0) is 30.5 Å². The average molecular weight is 590 g/mol. The summed E-state index contributed by atoms with van der Waals surface area (Å²) in [6.45, 7) is -0.146. The van der Waals surface area contributed by atoms with Crippen molar-refractivity contribution in [3.05, 3.63) is 54.2 Å². The molecule has 222 valence electrons. The fourth-order valence-electron chi connectivity index (χ4n) is 5.02. The number of halogens is 4. The smallest absolute Gasteiger partial charge is 0.325 e. The first-order valence-electron chi connectivity index (χ1n) is 12.8. The Labute approximate surface area is 236 Å². The van der Waals surface area contributed by atoms with Crippen molar-refractivity contribution in [3.63, 3.8) is 0 Å². The van der Waals surface area contributed by atoms with Crippen LogP contribution in [-0.4, -0.2) is 73.3 Å². The highest BCUT2D eigenvalue weighted by atomic mass is 19.3. The van der Waals surface area contributed by atoms with Gasteiger partial charge in [-0.25, -0.2) is 32.5 Å². The molecule has 0 radical (unpaired) electrons. The molecule has 3 aromatic heterocycles. The van der Waals surface area contributed by atoms with Gasteiger partial charge >= 0.3 is 5.97 Å². The molecule has 0 saturated carbocycles. The molecule has 1 aliphatic rings. The zero-order valence-electron chi connectivity index (χ0n) is 22.1. The van der Waals surface area contributed by atoms with Crippen LogP contribution < -0.4 is 26.8 Å². The average Bonchev–Trinajstić information content (AvgIpc) is 3.38. The molecule has 0 spiro atoms. The molecule has 42 heavy (non-hydrogen) atoms. The molecule has 4 aromatic rings. The number of aromatic nitrogens is 5. The first kappa shape index (κ1) is 29.1. The van der Waals surface area contributed by atoms with Crippen molar-refractivity contribution in [1.82, 2.24) is 24.5 Å². The Morgan fingerprint density at radius 3 is 2.67 bits per heavy atom. The number of ether oxygens (including phenoxy) is 1. The maximum Gasteiger partial charge on any atom is 0.325 e. The predicted octanol–water partition coefficient (Wildman–Crippen LogP) is 1.58. The Morgan fingerprint density at radius 2 is 1.93 bits per heavy atom. The number of nitrogen functional groups attached to an aromatic ring is 1. The second-order valence-corrected chi connectivity index (χ2v) is 9.98. The molecule has 1 aromatic carbocycles. The summed E-state index contributed by atoms with van der Waals surface area (Å²) in [4.78, 5) is 29.9. The van der Waals surface area contributed by atoms with Crippen molar-refractivity contribution >= 4 is 28.6 Å². The van der Waals surface area contributed by atoms with E-state index in [4.69, 9.17) is 21.9 Å². The first-order chi connectivity index (χ1) is 20.0. The number of piperidine rings is 1. The fraction of sp³-hybridized carbons (Fsp3) is 0.346. The van der Waals surface area contributed by atoms with Gasteiger partial charge in [-0.3, -0.25) is 9.78 Å². The maximum atomic E-state index is 15.2. The summed E-state index contributed by atoms with van der Waals surface area (Å²) in [7, 11) is 0. The SMILES string of the molecule is NCC(=O)Oc1cc(F)c(-c2cc(Cn3cnc4c(N)ncnc43)c(N3CCC[C@](N)([C@H](O)C(F)F)C3)cn2)cc1F. The standard InChI is InChI=1S/C26H27F4N9O3/c27-15-6-19(42-20(40)7-31)16(28)5-14(15)17-4-13(9-39-12-37-21-24(32)35-11-36-25(21)39)18(8-34-17)38-3-1-2-26(33,10-38)22(41)23(29)30/h4-6,8,11-12,22-23,41H,1-3,7,9-10,31,33H2,(H2,32,35,36)/t22-,26-/m1/s1. The van der Waals surface area contributed by atoms with E-state index in [0.29, 0.717) is 35.4 Å². The number of hydrogen-bond donors (Lipinski definition) is 4. The van der Waals surface area contributed by atoms with Gasteiger partial charge in [-0.1, -0.05) is 0 Å². The van der Waals surface area contributed by atoms with E-state index in [2.05, 4.69) is 19.9 Å². The number of anilines is 2. The largest absolute Gasteiger partial charge is 0.422 e. The van der Waals surface area contributed by atoms with E-state index < -0.39 is 48.0 Å². The van der Waals surface area contributed by atoms with Crippen LogP contribution in [0.4, 0.5) is 29.1 Å². The summed E-state index contributed by atoms with van der Waals surface area (Å²) >= 11 is 0. The van der Waals surface area contributed by atoms with Crippen LogP contribution in [-0.2, 0) is 11.3 Å². The minimum absolute atomic E-state index is 0.0315. The summed E-state index contributed by atoms with van der Waals surface area (Å²) in [5.41, 5.74) is 17.3. The van der Waals surface area contributed by atoms with E-state index in [1.54, 1.807) is 9.47 Å². The summed E-state index contributed by atoms with van der Waals surface area (Å²) in [5.74, 6) is -3.35. The molecule has 1 aliphatic heterocycles. The van der Waals surface area contributed by atoms with Crippen molar-refractivity contribution < 1.29 is 32.2 Å². The topological polar surface area (TPSA) is 184 Å². The molecule has 16 heteroatoms. The molecule has 0 aliphatic carbocycles. The number of nitrogens with zero attached hydrogens (tertiary/aromatic N) is 6. The number of alkyl halides is 2. The molecular formula is C26H27F4N9O3. The fourth-order valence-corrected chi connectivity index (χ4v) is 5.02. The van der Waals surface area contributed by atoms with Crippen LogP contribution in [0.15, 0.2) is 37.1 Å². The lowest BCUT2D eigenvalue weighted by molar-refractivity contribution is -0.133. The number of imidazole rings is 1. The summed E-state index contributed by atoms with van der Waals surface area (Å²) in [6, 6.07) is 3.06. The van der Waals surface area contributed by atoms with E-state index in [-0.39, 0.29) is 36.6 Å². The summed E-state index contributed by atoms with van der Waals surface area (Å²) in [5, 5.41) is 10.2. The number of fused-ring (bicyclic) bond motifs is 1. The van der Waals surface area contributed by atoms with Crippen LogP contribution in [0.2, 0.25) is 0 Å². The monoisotopic (exact) mass is 589 g/mol. The van der Waals surface area contributed by atoms with E-state index in [1.165, 1.54) is 24.9 Å². The normalized spacial score (nSPS) is 18.0. The molecule has 0 bridgehead atoms. The molecule has 1 saturated heterocycles. The number of aliphatic hydroxyl groups is 1. The Bertz CT molecular complexity index is 1640. The number of carbonyl (C=O) groups is 1. The van der Waals surface area contributed by atoms with Crippen LogP contribution in [0, 0.1) is 11.6 Å². The Morgan fingerprint density at radius 1 is 1.14 bits per heavy atom. The number of pyridine rings is 1. The molecule has 12 nitrogen and oxygen atoms in total. The number of esters is 1. The van der Waals surface area contributed by atoms with Gasteiger partial charge in [0.15, 0.2) is 23.0 Å². The first-order valence-corrected chi connectivity index (χ1v) is 12.8. The van der Waals surface area contributed by atoms with E-state index in [1.807, 2.05) is 0 Å². The van der Waals surface area contributed by atoms with Gasteiger partial charge in [0.25, 0.3) is 6.43 Å². The van der Waals surface area contributed by atoms with Crippen molar-refractivity contribution in [2.24, 2.45) is 11.5 Å². The minimum Gasteiger partial charge on any atom is -0.422 e. The number of hydrogen-bond acceptors (Lipinski definition) is 11. The van der Waals surface area contributed by atoms with Crippen molar-refractivity contribution in [3.8, 4) is 17.0 Å². The number of carbonyl (C=O) groups excluding carboxylic acids is 1. The molecule has 0 amide bonds. The summed E-state index contributed by atoms with van der Waals surface area (Å²) < 4.78 is 63.2. The molecule has 2 atom stereocenters. The van der Waals surface area contributed by atoms with Crippen molar-refractivity contribution in [2.75, 3.05) is 30.3 Å². The molecule has 7 N–H and O–H groups in total. The summed E-state index contributed by atoms with van der Waals surface area (Å²) in [6.07, 6.45) is -0.381. The van der Waals surface area contributed by atoms with Crippen LogP contribution in [0.3, 0.4) is 0 Å². The van der Waals surface area contributed by atoms with E-state index >= 15 is 4.39 Å². The minimum atomic E-state index is -3.04. The van der Waals surface area contributed by atoms with Gasteiger partial charge in [0.05, 0.1) is 42.5 Å². The van der Waals surface area contributed by atoms with E-state index in [0.717, 1.165) is 12.1 Å². The Hall–Kier alpha value is -4.41. The number of benzene rings is 1. The molecule has 1 fully saturated rings. The van der Waals surface area contributed by atoms with Gasteiger partial charge in [0.2, 0.25) is 0 Å². The van der Waals surface area contributed by atoms with Gasteiger partial charge in [0, 0.05) is 24.7 Å². The highest BCUT2D eigenvalue weighted by Gasteiger charge is 2.43. The zero-order valence-corrected chi connectivity index (χ0v) is 22.1. The van der Waals surface area contributed by atoms with Crippen molar-refractivity contribution in [2.45, 2.75) is 37.5 Å². The third-order valence-electron chi connectivity index (χ3n) is 7.15. The lowest BCUT2D eigenvalue weighted by atomic mass is 9.84. The number of rotatable bonds is 8. The second-order valence-electron chi connectivity index (χ2n) is 9.98. The molecule has 0 unspecified atom stereocenters. The quantitative estimate of drug-likeness (QED) is 0.133. The third kappa shape index (κ3) is 5.55. The molecule has 4 heterocycles.